The molecule has 0 aliphatic heterocycles. The Hall–Kier alpha value is -3.60. The Morgan fingerprint density at radius 3 is 1.13 bits per heavy atom. The highest BCUT2D eigenvalue weighted by molar-refractivity contribution is 5.37. The molecule has 6 rings (SSSR count). The van der Waals surface area contributed by atoms with E-state index in [1.54, 1.807) is 14.2 Å². The third-order valence-electron chi connectivity index (χ3n) is 12.1. The molecular formula is C43H52O4. The van der Waals surface area contributed by atoms with E-state index in [9.17, 15) is 10.2 Å². The van der Waals surface area contributed by atoms with Crippen molar-refractivity contribution in [2.75, 3.05) is 14.2 Å². The van der Waals surface area contributed by atoms with Crippen molar-refractivity contribution in [1.82, 2.24) is 0 Å². The third-order valence-corrected chi connectivity index (χ3v) is 12.1. The molecule has 6 atom stereocenters. The van der Waals surface area contributed by atoms with E-state index in [2.05, 4.69) is 111 Å². The Labute approximate surface area is 281 Å². The number of benzene rings is 4. The minimum absolute atomic E-state index is 0.0706. The zero-order valence-electron chi connectivity index (χ0n) is 28.6. The first-order chi connectivity index (χ1) is 22.8. The Kier molecular flexibility index (Phi) is 10.4. The number of methoxy groups -OCH3 is 2. The lowest BCUT2D eigenvalue weighted by molar-refractivity contribution is 0.0392. The van der Waals surface area contributed by atoms with Gasteiger partial charge in [-0.1, -0.05) is 86.6 Å². The van der Waals surface area contributed by atoms with Crippen molar-refractivity contribution in [1.29, 1.82) is 0 Å². The van der Waals surface area contributed by atoms with Gasteiger partial charge in [0.05, 0.1) is 27.4 Å². The summed E-state index contributed by atoms with van der Waals surface area (Å²) in [7, 11) is 3.47. The van der Waals surface area contributed by atoms with Crippen molar-refractivity contribution < 1.29 is 19.7 Å². The van der Waals surface area contributed by atoms with Gasteiger partial charge < -0.3 is 19.7 Å². The van der Waals surface area contributed by atoms with Crippen molar-refractivity contribution in [3.63, 3.8) is 0 Å². The molecule has 0 heterocycles. The number of hydrogen-bond acceptors (Lipinski definition) is 4. The van der Waals surface area contributed by atoms with Gasteiger partial charge in [0.15, 0.2) is 0 Å². The fourth-order valence-electron chi connectivity index (χ4n) is 9.00. The van der Waals surface area contributed by atoms with E-state index < -0.39 is 0 Å². The molecule has 4 heteroatoms. The van der Waals surface area contributed by atoms with Gasteiger partial charge in [-0.05, 0) is 137 Å². The summed E-state index contributed by atoms with van der Waals surface area (Å²) in [5.74, 6) is 4.80. The second kappa shape index (κ2) is 14.7. The molecule has 2 saturated carbocycles. The topological polar surface area (TPSA) is 58.9 Å². The highest BCUT2D eigenvalue weighted by Crippen LogP contribution is 2.58. The molecule has 4 aromatic carbocycles. The average Bonchev–Trinajstić information content (AvgIpc) is 3.14. The lowest BCUT2D eigenvalue weighted by Crippen LogP contribution is -2.40. The van der Waals surface area contributed by atoms with Gasteiger partial charge in [-0.2, -0.15) is 0 Å². The number of hydrogen-bond donors (Lipinski definition) is 2. The highest BCUT2D eigenvalue weighted by atomic mass is 16.5. The molecule has 0 aromatic heterocycles. The van der Waals surface area contributed by atoms with Gasteiger partial charge >= 0.3 is 0 Å². The van der Waals surface area contributed by atoms with Crippen LogP contribution in [0.4, 0.5) is 0 Å². The van der Waals surface area contributed by atoms with Crippen LogP contribution in [-0.4, -0.2) is 24.4 Å². The summed E-state index contributed by atoms with van der Waals surface area (Å²) in [6, 6.07) is 34.9. The Morgan fingerprint density at radius 1 is 0.489 bits per heavy atom. The molecule has 2 fully saturated rings. The van der Waals surface area contributed by atoms with Crippen LogP contribution in [0.15, 0.2) is 97.1 Å². The van der Waals surface area contributed by atoms with E-state index in [0.717, 1.165) is 35.5 Å². The third kappa shape index (κ3) is 7.15. The molecule has 2 aliphatic rings. The summed E-state index contributed by atoms with van der Waals surface area (Å²) < 4.78 is 11.0. The number of aliphatic hydroxyl groups excluding tert-OH is 2. The summed E-state index contributed by atoms with van der Waals surface area (Å²) >= 11 is 0. The normalized spacial score (nSPS) is 24.9. The predicted octanol–water partition coefficient (Wildman–Crippen LogP) is 9.75. The van der Waals surface area contributed by atoms with Gasteiger partial charge in [0.25, 0.3) is 0 Å². The molecule has 47 heavy (non-hydrogen) atoms. The molecule has 2 N–H and O–H groups in total. The van der Waals surface area contributed by atoms with Gasteiger partial charge in [0.1, 0.15) is 11.5 Å². The molecule has 4 nitrogen and oxygen atoms in total. The standard InChI is InChI=1S/C43H52O4/c1-43(2,35-17-23-39(31-9-5-29(27-44)6-10-31)41(25-35)33-11-7-30(28-45)8-12-33)36-18-24-40(32-13-19-37(46-3)20-14-32)42(26-36)34-15-21-38(47-4)22-16-34/h5-16,19-22,35-36,39-42,44-45H,17-18,23-28H2,1-4H3. The van der Waals surface area contributed by atoms with Crippen LogP contribution in [0.1, 0.15) is 109 Å². The smallest absolute Gasteiger partial charge is 0.118 e. The maximum absolute atomic E-state index is 9.72. The summed E-state index contributed by atoms with van der Waals surface area (Å²) in [5.41, 5.74) is 7.66. The first kappa shape index (κ1) is 33.3. The molecule has 0 spiro atoms. The second-order valence-electron chi connectivity index (χ2n) is 14.6. The van der Waals surface area contributed by atoms with Gasteiger partial charge in [-0.3, -0.25) is 0 Å². The van der Waals surface area contributed by atoms with E-state index in [4.69, 9.17) is 9.47 Å². The maximum Gasteiger partial charge on any atom is 0.118 e. The van der Waals surface area contributed by atoms with Gasteiger partial charge in [0, 0.05) is 0 Å². The molecule has 0 amide bonds. The molecular weight excluding hydrogens is 580 g/mol. The summed E-state index contributed by atoms with van der Waals surface area (Å²) in [5, 5.41) is 19.4. The molecule has 0 saturated heterocycles. The predicted molar refractivity (Wildman–Crippen MR) is 190 cm³/mol. The van der Waals surface area contributed by atoms with Crippen molar-refractivity contribution in [3.05, 3.63) is 130 Å². The zero-order valence-corrected chi connectivity index (χ0v) is 28.6. The zero-order chi connectivity index (χ0) is 33.0. The average molecular weight is 633 g/mol. The first-order valence-corrected chi connectivity index (χ1v) is 17.5. The molecule has 248 valence electrons. The second-order valence-corrected chi connectivity index (χ2v) is 14.6. The van der Waals surface area contributed by atoms with Crippen molar-refractivity contribution in [2.24, 2.45) is 17.3 Å². The van der Waals surface area contributed by atoms with Crippen LogP contribution in [0, 0.1) is 17.3 Å². The summed E-state index contributed by atoms with van der Waals surface area (Å²) in [6.45, 7) is 5.26. The fraction of sp³-hybridized carbons (Fsp3) is 0.442. The number of aliphatic hydroxyl groups is 2. The van der Waals surface area contributed by atoms with Crippen LogP contribution in [0.5, 0.6) is 11.5 Å². The summed E-state index contributed by atoms with van der Waals surface area (Å²) in [4.78, 5) is 0. The minimum Gasteiger partial charge on any atom is -0.497 e. The van der Waals surface area contributed by atoms with Crippen LogP contribution >= 0.6 is 0 Å². The fourth-order valence-corrected chi connectivity index (χ4v) is 9.00. The van der Waals surface area contributed by atoms with Gasteiger partial charge in [-0.15, -0.1) is 0 Å². The van der Waals surface area contributed by atoms with Crippen LogP contribution in [0.2, 0.25) is 0 Å². The molecule has 0 radical (unpaired) electrons. The summed E-state index contributed by atoms with van der Waals surface area (Å²) in [6.07, 6.45) is 7.11. The Morgan fingerprint density at radius 2 is 0.809 bits per heavy atom. The monoisotopic (exact) mass is 632 g/mol. The van der Waals surface area contributed by atoms with Crippen LogP contribution < -0.4 is 9.47 Å². The van der Waals surface area contributed by atoms with E-state index >= 15 is 0 Å². The largest absolute Gasteiger partial charge is 0.497 e. The van der Waals surface area contributed by atoms with Crippen molar-refractivity contribution in [3.8, 4) is 11.5 Å². The molecule has 2 aliphatic carbocycles. The van der Waals surface area contributed by atoms with Crippen LogP contribution in [0.25, 0.3) is 0 Å². The number of ether oxygens (including phenoxy) is 2. The van der Waals surface area contributed by atoms with Gasteiger partial charge in [0.2, 0.25) is 0 Å². The quantitative estimate of drug-likeness (QED) is 0.183. The molecule has 4 aromatic rings. The van der Waals surface area contributed by atoms with E-state index in [-0.39, 0.29) is 18.6 Å². The van der Waals surface area contributed by atoms with E-state index in [1.807, 2.05) is 0 Å². The first-order valence-electron chi connectivity index (χ1n) is 17.5. The lowest BCUT2D eigenvalue weighted by Gasteiger charge is -2.50. The lowest BCUT2D eigenvalue weighted by atomic mass is 9.54. The molecule has 6 unspecified atom stereocenters. The van der Waals surface area contributed by atoms with Crippen molar-refractivity contribution in [2.45, 2.75) is 89.3 Å². The maximum atomic E-state index is 9.72. The van der Waals surface area contributed by atoms with Crippen LogP contribution in [-0.2, 0) is 13.2 Å². The van der Waals surface area contributed by atoms with Crippen LogP contribution in [0.3, 0.4) is 0 Å². The Bertz CT molecular complexity index is 1440. The SMILES string of the molecule is COc1ccc(C2CCC(C(C)(C)C3CCC(c4ccc(CO)cc4)C(c4ccc(CO)cc4)C3)CC2c2ccc(OC)cc2)cc1. The van der Waals surface area contributed by atoms with E-state index in [0.29, 0.717) is 35.5 Å². The van der Waals surface area contributed by atoms with E-state index in [1.165, 1.54) is 47.9 Å². The number of rotatable bonds is 10. The van der Waals surface area contributed by atoms with Gasteiger partial charge in [-0.25, -0.2) is 0 Å². The molecule has 0 bridgehead atoms. The Balaban J connectivity index is 1.28. The highest BCUT2D eigenvalue weighted by Gasteiger charge is 2.46. The van der Waals surface area contributed by atoms with Crippen molar-refractivity contribution >= 4 is 0 Å². The minimum atomic E-state index is 0.0706.